The molecule has 0 aliphatic carbocycles. The molecule has 0 aliphatic heterocycles. The summed E-state index contributed by atoms with van der Waals surface area (Å²) in [7, 11) is -0.608. The maximum Gasteiger partial charge on any atom is 0.271 e. The summed E-state index contributed by atoms with van der Waals surface area (Å²) in [5, 5.41) is 2.73. The van der Waals surface area contributed by atoms with Crippen LogP contribution in [-0.2, 0) is 10.0 Å². The maximum atomic E-state index is 12.7. The Labute approximate surface area is 169 Å². The highest BCUT2D eigenvalue weighted by molar-refractivity contribution is 6.73. The predicted octanol–water partition coefficient (Wildman–Crippen LogP) is 4.34. The summed E-state index contributed by atoms with van der Waals surface area (Å²) < 4.78 is 12.0. The molecular formula is C21H36N2O4Si. The first-order valence-corrected chi connectivity index (χ1v) is 12.6. The van der Waals surface area contributed by atoms with Crippen LogP contribution in [0.5, 0.6) is 5.75 Å². The van der Waals surface area contributed by atoms with E-state index < -0.39 is 13.9 Å². The molecule has 0 saturated heterocycles. The van der Waals surface area contributed by atoms with E-state index in [9.17, 15) is 9.59 Å². The van der Waals surface area contributed by atoms with Crippen LogP contribution in [0.3, 0.4) is 0 Å². The lowest BCUT2D eigenvalue weighted by Gasteiger charge is -2.41. The Hall–Kier alpha value is -1.86. The van der Waals surface area contributed by atoms with Crippen molar-refractivity contribution in [2.45, 2.75) is 71.7 Å². The number of carbonyl (C=O) groups is 1. The van der Waals surface area contributed by atoms with E-state index in [2.05, 4.69) is 37.7 Å². The Bertz CT molecular complexity index is 747. The monoisotopic (exact) mass is 408 g/mol. The van der Waals surface area contributed by atoms with Crippen LogP contribution in [0, 0.1) is 0 Å². The van der Waals surface area contributed by atoms with Gasteiger partial charge in [-0.15, -0.1) is 6.58 Å². The second-order valence-corrected chi connectivity index (χ2v) is 12.2. The minimum atomic E-state index is -2.00. The number of pyridine rings is 1. The van der Waals surface area contributed by atoms with E-state index in [1.165, 1.54) is 13.2 Å². The van der Waals surface area contributed by atoms with Gasteiger partial charge < -0.3 is 19.5 Å². The highest BCUT2D eigenvalue weighted by atomic mass is 28.4. The number of hydrogen-bond acceptors (Lipinski definition) is 4. The maximum absolute atomic E-state index is 12.7. The molecule has 0 saturated carbocycles. The summed E-state index contributed by atoms with van der Waals surface area (Å²) in [6.45, 7) is 16.7. The van der Waals surface area contributed by atoms with Crippen LogP contribution in [-0.4, -0.2) is 32.9 Å². The molecule has 6 nitrogen and oxygen atoms in total. The number of rotatable bonds is 11. The van der Waals surface area contributed by atoms with E-state index in [1.54, 1.807) is 0 Å². The highest BCUT2D eigenvalue weighted by Crippen LogP contribution is 2.38. The summed E-state index contributed by atoms with van der Waals surface area (Å²) in [6, 6.07) is 4.44. The Morgan fingerprint density at radius 1 is 1.25 bits per heavy atom. The molecule has 1 aromatic heterocycles. The zero-order valence-electron chi connectivity index (χ0n) is 18.5. The Kier molecular flexibility index (Phi) is 8.69. The van der Waals surface area contributed by atoms with Crippen molar-refractivity contribution >= 4 is 14.2 Å². The smallest absolute Gasteiger partial charge is 0.271 e. The summed E-state index contributed by atoms with van der Waals surface area (Å²) >= 11 is 0. The van der Waals surface area contributed by atoms with Crippen LogP contribution in [0.15, 0.2) is 23.0 Å². The number of hydrogen-bond donors (Lipinski definition) is 2. The third-order valence-electron chi connectivity index (χ3n) is 5.34. The van der Waals surface area contributed by atoms with E-state index in [-0.39, 0.29) is 22.8 Å². The van der Waals surface area contributed by atoms with Gasteiger partial charge >= 0.3 is 0 Å². The molecule has 1 aromatic rings. The van der Waals surface area contributed by atoms with Gasteiger partial charge in [0.25, 0.3) is 5.91 Å². The molecular weight excluding hydrogens is 372 g/mol. The topological polar surface area (TPSA) is 80.4 Å². The number of aromatic amines is 1. The quantitative estimate of drug-likeness (QED) is 0.422. The summed E-state index contributed by atoms with van der Waals surface area (Å²) in [5.41, 5.74) is 0.540. The third kappa shape index (κ3) is 5.35. The molecule has 0 aliphatic rings. The van der Waals surface area contributed by atoms with Gasteiger partial charge in [-0.25, -0.2) is 0 Å². The van der Waals surface area contributed by atoms with Crippen LogP contribution < -0.4 is 15.5 Å². The lowest BCUT2D eigenvalue weighted by atomic mass is 9.93. The number of carbonyl (C=O) groups excluding carboxylic acids is 1. The molecule has 0 fully saturated rings. The SMILES string of the molecule is C=C(C)CC(C)(O[Si](CC)(CC)CC)c1cc(=O)c(OC)c(C(=O)NCC)[nH]1. The summed E-state index contributed by atoms with van der Waals surface area (Å²) in [6.07, 6.45) is 0.554. The molecule has 28 heavy (non-hydrogen) atoms. The van der Waals surface area contributed by atoms with Crippen molar-refractivity contribution in [1.82, 2.24) is 10.3 Å². The van der Waals surface area contributed by atoms with Gasteiger partial charge in [-0.1, -0.05) is 26.3 Å². The van der Waals surface area contributed by atoms with E-state index >= 15 is 0 Å². The second kappa shape index (κ2) is 10.1. The van der Waals surface area contributed by atoms with Crippen LogP contribution in [0.1, 0.15) is 64.1 Å². The summed E-state index contributed by atoms with van der Waals surface area (Å²) in [5.74, 6) is -0.363. The molecule has 0 radical (unpaired) electrons. The van der Waals surface area contributed by atoms with Gasteiger partial charge in [0.05, 0.1) is 18.4 Å². The van der Waals surface area contributed by atoms with Crippen molar-refractivity contribution in [2.24, 2.45) is 0 Å². The van der Waals surface area contributed by atoms with Crippen molar-refractivity contribution in [3.63, 3.8) is 0 Å². The van der Waals surface area contributed by atoms with Gasteiger partial charge in [0.2, 0.25) is 5.43 Å². The molecule has 1 atom stereocenters. The fraction of sp³-hybridized carbons (Fsp3) is 0.619. The van der Waals surface area contributed by atoms with Gasteiger partial charge in [0.15, 0.2) is 19.8 Å². The summed E-state index contributed by atoms with van der Waals surface area (Å²) in [4.78, 5) is 28.4. The van der Waals surface area contributed by atoms with Gasteiger partial charge in [0, 0.05) is 19.0 Å². The van der Waals surface area contributed by atoms with Gasteiger partial charge in [-0.2, -0.15) is 0 Å². The van der Waals surface area contributed by atoms with Crippen molar-refractivity contribution in [3.05, 3.63) is 39.8 Å². The fourth-order valence-corrected chi connectivity index (χ4v) is 6.72. The Morgan fingerprint density at radius 2 is 1.82 bits per heavy atom. The van der Waals surface area contributed by atoms with Crippen molar-refractivity contribution in [2.75, 3.05) is 13.7 Å². The molecule has 0 bridgehead atoms. The fourth-order valence-electron chi connectivity index (χ4n) is 3.65. The molecule has 7 heteroatoms. The van der Waals surface area contributed by atoms with Gasteiger partial charge in [-0.3, -0.25) is 9.59 Å². The van der Waals surface area contributed by atoms with Crippen LogP contribution in [0.2, 0.25) is 18.1 Å². The molecule has 0 aromatic carbocycles. The van der Waals surface area contributed by atoms with Crippen LogP contribution >= 0.6 is 0 Å². The standard InChI is InChI=1S/C21H36N2O4Si/c1-9-22-20(25)18-19(26-8)16(24)13-17(23-18)21(7,14-15(5)6)27-28(10-2,11-3)12-4/h13H,5,9-12,14H2,1-4,6-8H3,(H,22,25)(H,23,24). The normalized spacial score (nSPS) is 13.7. The van der Waals surface area contributed by atoms with E-state index in [4.69, 9.17) is 9.16 Å². The Balaban J connectivity index is 3.64. The van der Waals surface area contributed by atoms with E-state index in [0.29, 0.717) is 18.7 Å². The molecule has 1 rings (SSSR count). The zero-order chi connectivity index (χ0) is 21.5. The molecule has 2 N–H and O–H groups in total. The van der Waals surface area contributed by atoms with E-state index in [1.807, 2.05) is 20.8 Å². The van der Waals surface area contributed by atoms with Crippen LogP contribution in [0.25, 0.3) is 0 Å². The molecule has 158 valence electrons. The molecule has 1 heterocycles. The van der Waals surface area contributed by atoms with Gasteiger partial charge in [-0.05, 0) is 38.9 Å². The minimum absolute atomic E-state index is 0.0114. The van der Waals surface area contributed by atoms with Crippen molar-refractivity contribution < 1.29 is 14.0 Å². The van der Waals surface area contributed by atoms with Crippen LogP contribution in [0.4, 0.5) is 0 Å². The molecule has 0 spiro atoms. The first kappa shape index (κ1) is 24.2. The van der Waals surface area contributed by atoms with Crippen molar-refractivity contribution in [3.8, 4) is 5.75 Å². The van der Waals surface area contributed by atoms with Crippen molar-refractivity contribution in [1.29, 1.82) is 0 Å². The Morgan fingerprint density at radius 3 is 2.25 bits per heavy atom. The number of ether oxygens (including phenoxy) is 1. The first-order valence-electron chi connectivity index (χ1n) is 10.1. The number of methoxy groups -OCH3 is 1. The largest absolute Gasteiger partial charge is 0.491 e. The lowest BCUT2D eigenvalue weighted by Crippen LogP contribution is -2.45. The number of H-pyrrole nitrogens is 1. The molecule has 1 amide bonds. The average Bonchev–Trinajstić information content (AvgIpc) is 2.65. The van der Waals surface area contributed by atoms with E-state index in [0.717, 1.165) is 23.7 Å². The number of amides is 1. The third-order valence-corrected chi connectivity index (χ3v) is 10.1. The highest BCUT2D eigenvalue weighted by Gasteiger charge is 2.40. The second-order valence-electron chi connectivity index (χ2n) is 7.53. The predicted molar refractivity (Wildman–Crippen MR) is 117 cm³/mol. The first-order chi connectivity index (χ1) is 13.1. The minimum Gasteiger partial charge on any atom is -0.491 e. The molecule has 1 unspecified atom stereocenters. The lowest BCUT2D eigenvalue weighted by molar-refractivity contribution is 0.0682. The number of nitrogens with one attached hydrogen (secondary N) is 2. The average molecular weight is 409 g/mol. The number of aromatic nitrogens is 1. The van der Waals surface area contributed by atoms with Gasteiger partial charge in [0.1, 0.15) is 0 Å². The zero-order valence-corrected chi connectivity index (χ0v) is 19.5.